The van der Waals surface area contributed by atoms with Crippen molar-refractivity contribution >= 4 is 23.1 Å². The van der Waals surface area contributed by atoms with E-state index in [9.17, 15) is 4.79 Å². The lowest BCUT2D eigenvalue weighted by atomic mass is 9.84. The van der Waals surface area contributed by atoms with Crippen LogP contribution in [0.1, 0.15) is 17.7 Å². The highest BCUT2D eigenvalue weighted by Gasteiger charge is 2.32. The van der Waals surface area contributed by atoms with Gasteiger partial charge in [0, 0.05) is 60.5 Å². The van der Waals surface area contributed by atoms with Crippen LogP contribution in [0, 0.1) is 5.92 Å². The highest BCUT2D eigenvalue weighted by Crippen LogP contribution is 2.33. The van der Waals surface area contributed by atoms with Gasteiger partial charge in [0.25, 0.3) is 0 Å². The second-order valence-electron chi connectivity index (χ2n) is 7.48. The minimum absolute atomic E-state index is 0.0592. The van der Waals surface area contributed by atoms with Crippen molar-refractivity contribution in [1.82, 2.24) is 20.1 Å². The summed E-state index contributed by atoms with van der Waals surface area (Å²) in [4.78, 5) is 21.9. The number of carbonyl (C=O) groups is 1. The number of anilines is 1. The average Bonchev–Trinajstić information content (AvgIpc) is 3.43. The van der Waals surface area contributed by atoms with Gasteiger partial charge in [-0.15, -0.1) is 0 Å². The van der Waals surface area contributed by atoms with Crippen LogP contribution >= 0.6 is 11.3 Å². The summed E-state index contributed by atoms with van der Waals surface area (Å²) in [6.45, 7) is 3.21. The molecule has 1 unspecified atom stereocenters. The Morgan fingerprint density at radius 2 is 2.07 bits per heavy atom. The van der Waals surface area contributed by atoms with Gasteiger partial charge in [0.05, 0.1) is 5.69 Å². The van der Waals surface area contributed by atoms with E-state index in [4.69, 9.17) is 0 Å². The van der Waals surface area contributed by atoms with Crippen molar-refractivity contribution in [3.8, 4) is 11.3 Å². The van der Waals surface area contributed by atoms with Crippen molar-refractivity contribution in [1.29, 1.82) is 0 Å². The molecular weight excluding hydrogens is 370 g/mol. The van der Waals surface area contributed by atoms with Crippen LogP contribution in [0.25, 0.3) is 11.3 Å². The highest BCUT2D eigenvalue weighted by atomic mass is 32.1. The van der Waals surface area contributed by atoms with Crippen molar-refractivity contribution in [2.24, 2.45) is 5.92 Å². The minimum atomic E-state index is 0.0592. The zero-order valence-corrected chi connectivity index (χ0v) is 16.5. The Kier molecular flexibility index (Phi) is 4.60. The molecule has 1 saturated heterocycles. The topological polar surface area (TPSA) is 65.1 Å². The van der Waals surface area contributed by atoms with E-state index in [1.165, 1.54) is 11.3 Å². The molecule has 0 radical (unpaired) electrons. The van der Waals surface area contributed by atoms with E-state index in [0.717, 1.165) is 62.5 Å². The first-order valence-electron chi connectivity index (χ1n) is 9.83. The number of aromatic amines is 1. The minimum Gasteiger partial charge on any atom is -0.353 e. The second-order valence-corrected chi connectivity index (χ2v) is 8.26. The number of aromatic nitrogens is 3. The summed E-state index contributed by atoms with van der Waals surface area (Å²) in [5.41, 5.74) is 4.61. The summed E-state index contributed by atoms with van der Waals surface area (Å²) in [5.74, 6) is 1.35. The summed E-state index contributed by atoms with van der Waals surface area (Å²) in [5, 5.41) is 11.9. The molecule has 1 aliphatic carbocycles. The molecule has 3 aromatic rings. The number of hydrogen-bond acceptors (Lipinski definition) is 5. The van der Waals surface area contributed by atoms with Crippen LogP contribution < -0.4 is 4.90 Å². The molecule has 2 aliphatic rings. The molecule has 0 aromatic carbocycles. The van der Waals surface area contributed by atoms with Gasteiger partial charge in [0.2, 0.25) is 5.91 Å². The van der Waals surface area contributed by atoms with Crippen molar-refractivity contribution in [3.63, 3.8) is 0 Å². The number of nitrogens with one attached hydrogen (secondary N) is 1. The molecule has 1 N–H and O–H groups in total. The maximum atomic E-state index is 13.2. The second kappa shape index (κ2) is 7.39. The fraction of sp³-hybridized carbons (Fsp3) is 0.381. The predicted octanol–water partition coefficient (Wildman–Crippen LogP) is 2.99. The van der Waals surface area contributed by atoms with Gasteiger partial charge in [-0.1, -0.05) is 6.07 Å². The zero-order chi connectivity index (χ0) is 18.9. The van der Waals surface area contributed by atoms with Crippen molar-refractivity contribution in [2.75, 3.05) is 31.1 Å². The predicted molar refractivity (Wildman–Crippen MR) is 110 cm³/mol. The van der Waals surface area contributed by atoms with Crippen LogP contribution in [-0.4, -0.2) is 52.2 Å². The molecule has 0 saturated carbocycles. The van der Waals surface area contributed by atoms with E-state index in [-0.39, 0.29) is 5.92 Å². The molecule has 1 aliphatic heterocycles. The number of fused-ring (bicyclic) bond motifs is 1. The first-order valence-corrected chi connectivity index (χ1v) is 10.8. The zero-order valence-electron chi connectivity index (χ0n) is 15.7. The van der Waals surface area contributed by atoms with Gasteiger partial charge in [0.15, 0.2) is 0 Å². The number of hydrogen-bond donors (Lipinski definition) is 1. The van der Waals surface area contributed by atoms with Gasteiger partial charge in [-0.25, -0.2) is 4.98 Å². The number of piperazine rings is 1. The van der Waals surface area contributed by atoms with Crippen LogP contribution in [0.15, 0.2) is 41.2 Å². The third kappa shape index (κ3) is 3.20. The number of nitrogens with zero attached hydrogens (tertiary/aromatic N) is 4. The summed E-state index contributed by atoms with van der Waals surface area (Å²) >= 11 is 1.68. The molecule has 144 valence electrons. The first-order chi connectivity index (χ1) is 13.8. The number of aryl methyl sites for hydroxylation is 1. The van der Waals surface area contributed by atoms with Gasteiger partial charge in [-0.3, -0.25) is 9.89 Å². The molecule has 3 aromatic heterocycles. The SMILES string of the molecule is O=C(C1CCc2[nH]nc(-c3ccsc3)c2C1)N1CCN(c2ccccn2)CC1. The number of amides is 1. The number of thiophene rings is 1. The lowest BCUT2D eigenvalue weighted by Gasteiger charge is -2.37. The molecule has 1 amide bonds. The molecule has 4 heterocycles. The Bertz CT molecular complexity index is 945. The van der Waals surface area contributed by atoms with Gasteiger partial charge < -0.3 is 9.80 Å². The lowest BCUT2D eigenvalue weighted by Crippen LogP contribution is -2.51. The molecule has 6 nitrogen and oxygen atoms in total. The van der Waals surface area contributed by atoms with Crippen LogP contribution in [0.3, 0.4) is 0 Å². The summed E-state index contributed by atoms with van der Waals surface area (Å²) in [6.07, 6.45) is 4.41. The number of carbonyl (C=O) groups excluding carboxylic acids is 1. The standard InChI is InChI=1S/C21H23N5OS/c27-21(26-10-8-25(9-11-26)19-3-1-2-7-22-19)15-4-5-18-17(13-15)20(24-23-18)16-6-12-28-14-16/h1-3,6-7,12,14-15H,4-5,8-11,13H2,(H,23,24). The van der Waals surface area contributed by atoms with E-state index in [1.807, 2.05) is 29.3 Å². The van der Waals surface area contributed by atoms with Gasteiger partial charge in [-0.05, 0) is 42.8 Å². The highest BCUT2D eigenvalue weighted by molar-refractivity contribution is 7.08. The maximum absolute atomic E-state index is 13.2. The van der Waals surface area contributed by atoms with Gasteiger partial charge in [-0.2, -0.15) is 16.4 Å². The fourth-order valence-electron chi connectivity index (χ4n) is 4.30. The van der Waals surface area contributed by atoms with Gasteiger partial charge in [0.1, 0.15) is 5.82 Å². The van der Waals surface area contributed by atoms with E-state index >= 15 is 0 Å². The normalized spacial score (nSPS) is 19.5. The van der Waals surface area contributed by atoms with E-state index in [2.05, 4.69) is 36.9 Å². The van der Waals surface area contributed by atoms with Crippen LogP contribution in [0.2, 0.25) is 0 Å². The first kappa shape index (κ1) is 17.4. The smallest absolute Gasteiger partial charge is 0.226 e. The molecule has 0 spiro atoms. The lowest BCUT2D eigenvalue weighted by molar-refractivity contribution is -0.136. The maximum Gasteiger partial charge on any atom is 0.226 e. The third-order valence-electron chi connectivity index (χ3n) is 5.85. The molecule has 1 atom stereocenters. The third-order valence-corrected chi connectivity index (χ3v) is 6.54. The van der Waals surface area contributed by atoms with Crippen molar-refractivity contribution in [2.45, 2.75) is 19.3 Å². The molecule has 7 heteroatoms. The molecule has 28 heavy (non-hydrogen) atoms. The van der Waals surface area contributed by atoms with Gasteiger partial charge >= 0.3 is 0 Å². The Labute approximate surface area is 168 Å². The molecule has 1 fully saturated rings. The fourth-order valence-corrected chi connectivity index (χ4v) is 4.94. The summed E-state index contributed by atoms with van der Waals surface area (Å²) in [6, 6.07) is 8.07. The summed E-state index contributed by atoms with van der Waals surface area (Å²) < 4.78 is 0. The molecule has 0 bridgehead atoms. The number of H-pyrrole nitrogens is 1. The number of pyridine rings is 1. The van der Waals surface area contributed by atoms with Crippen molar-refractivity contribution < 1.29 is 4.79 Å². The monoisotopic (exact) mass is 393 g/mol. The van der Waals surface area contributed by atoms with E-state index < -0.39 is 0 Å². The molecular formula is C21H23N5OS. The number of rotatable bonds is 3. The Hall–Kier alpha value is -2.67. The van der Waals surface area contributed by atoms with Crippen LogP contribution in [0.4, 0.5) is 5.82 Å². The summed E-state index contributed by atoms with van der Waals surface area (Å²) in [7, 11) is 0. The van der Waals surface area contributed by atoms with Crippen LogP contribution in [0.5, 0.6) is 0 Å². The Morgan fingerprint density at radius 3 is 2.82 bits per heavy atom. The quantitative estimate of drug-likeness (QED) is 0.743. The Morgan fingerprint density at radius 1 is 1.18 bits per heavy atom. The average molecular weight is 394 g/mol. The van der Waals surface area contributed by atoms with Crippen molar-refractivity contribution in [3.05, 3.63) is 52.5 Å². The van der Waals surface area contributed by atoms with E-state index in [1.54, 1.807) is 11.3 Å². The largest absolute Gasteiger partial charge is 0.353 e. The van der Waals surface area contributed by atoms with E-state index in [0.29, 0.717) is 5.91 Å². The Balaban J connectivity index is 1.26. The van der Waals surface area contributed by atoms with Crippen LogP contribution in [-0.2, 0) is 17.6 Å². The molecule has 5 rings (SSSR count).